The van der Waals surface area contributed by atoms with E-state index in [4.69, 9.17) is 32.7 Å². The average Bonchev–Trinajstić information content (AvgIpc) is 2.92. The van der Waals surface area contributed by atoms with Crippen molar-refractivity contribution in [3.8, 4) is 11.5 Å². The fourth-order valence-electron chi connectivity index (χ4n) is 5.10. The third-order valence-electron chi connectivity index (χ3n) is 7.19. The number of sulfonamides is 1. The molecule has 1 saturated carbocycles. The van der Waals surface area contributed by atoms with Crippen LogP contribution in [0.2, 0.25) is 10.0 Å². The number of fused-ring (bicyclic) bond motifs is 1. The molecule has 0 radical (unpaired) electrons. The summed E-state index contributed by atoms with van der Waals surface area (Å²) in [5, 5.41) is 3.90. The molecule has 2 aliphatic rings. The van der Waals surface area contributed by atoms with Crippen LogP contribution in [0.15, 0.2) is 36.4 Å². The third-order valence-corrected chi connectivity index (χ3v) is 8.91. The van der Waals surface area contributed by atoms with Crippen LogP contribution in [-0.4, -0.2) is 63.2 Å². The van der Waals surface area contributed by atoms with Crippen molar-refractivity contribution in [2.75, 3.05) is 30.3 Å². The standard InChI is InChI=1S/C28H35Cl2N3O6S/c1-3-24(28(35)31-21-7-5-4-6-8-21)32(17-19-9-10-20(29)15-23(19)30)27(34)18-33(40(2,36)37)22-11-12-25-26(16-22)39-14-13-38-25/h9-12,15-16,21,24H,3-8,13-14,17-18H2,1-2H3,(H,31,35). The van der Waals surface area contributed by atoms with E-state index >= 15 is 0 Å². The first-order valence-electron chi connectivity index (χ1n) is 13.5. The molecule has 4 rings (SSSR count). The van der Waals surface area contributed by atoms with Crippen molar-refractivity contribution in [3.63, 3.8) is 0 Å². The zero-order valence-electron chi connectivity index (χ0n) is 22.7. The molecule has 1 aliphatic heterocycles. The molecule has 12 heteroatoms. The summed E-state index contributed by atoms with van der Waals surface area (Å²) >= 11 is 12.5. The van der Waals surface area contributed by atoms with Gasteiger partial charge in [0.05, 0.1) is 11.9 Å². The van der Waals surface area contributed by atoms with E-state index in [-0.39, 0.29) is 24.2 Å². The molecule has 1 aliphatic carbocycles. The van der Waals surface area contributed by atoms with Gasteiger partial charge < -0.3 is 19.7 Å². The molecule has 40 heavy (non-hydrogen) atoms. The minimum absolute atomic E-state index is 0.00414. The molecule has 2 aromatic carbocycles. The maximum absolute atomic E-state index is 14.0. The van der Waals surface area contributed by atoms with E-state index in [0.29, 0.717) is 46.7 Å². The van der Waals surface area contributed by atoms with Crippen LogP contribution >= 0.6 is 23.2 Å². The molecule has 218 valence electrons. The van der Waals surface area contributed by atoms with Crippen molar-refractivity contribution >= 4 is 50.7 Å². The van der Waals surface area contributed by atoms with Crippen LogP contribution in [-0.2, 0) is 26.2 Å². The Kier molecular flexibility index (Phi) is 10.1. The number of carbonyl (C=O) groups excluding carboxylic acids is 2. The number of halogens is 2. The smallest absolute Gasteiger partial charge is 0.244 e. The van der Waals surface area contributed by atoms with E-state index in [0.717, 1.165) is 42.7 Å². The van der Waals surface area contributed by atoms with E-state index < -0.39 is 28.5 Å². The number of hydrogen-bond acceptors (Lipinski definition) is 6. The van der Waals surface area contributed by atoms with Crippen LogP contribution in [0.4, 0.5) is 5.69 Å². The van der Waals surface area contributed by atoms with Crippen LogP contribution < -0.4 is 19.1 Å². The van der Waals surface area contributed by atoms with Crippen molar-refractivity contribution in [3.05, 3.63) is 52.0 Å². The van der Waals surface area contributed by atoms with E-state index in [2.05, 4.69) is 5.32 Å². The third kappa shape index (κ3) is 7.53. The maximum Gasteiger partial charge on any atom is 0.244 e. The molecule has 1 unspecified atom stereocenters. The van der Waals surface area contributed by atoms with Crippen molar-refractivity contribution < 1.29 is 27.5 Å². The second-order valence-electron chi connectivity index (χ2n) is 10.1. The van der Waals surface area contributed by atoms with Gasteiger partial charge in [-0.05, 0) is 49.1 Å². The summed E-state index contributed by atoms with van der Waals surface area (Å²) in [6.07, 6.45) is 6.39. The van der Waals surface area contributed by atoms with E-state index in [1.807, 2.05) is 6.92 Å². The van der Waals surface area contributed by atoms with Crippen molar-refractivity contribution in [2.45, 2.75) is 64.1 Å². The first-order chi connectivity index (χ1) is 19.1. The Morgan fingerprint density at radius 2 is 1.73 bits per heavy atom. The molecule has 1 fully saturated rings. The Hall–Kier alpha value is -2.69. The van der Waals surface area contributed by atoms with Gasteiger partial charge in [0, 0.05) is 28.7 Å². The molecule has 2 aromatic rings. The molecular formula is C28H35Cl2N3O6S. The summed E-state index contributed by atoms with van der Waals surface area (Å²) in [6.45, 7) is 2.04. The largest absolute Gasteiger partial charge is 0.486 e. The van der Waals surface area contributed by atoms with Crippen molar-refractivity contribution in [2.24, 2.45) is 0 Å². The topological polar surface area (TPSA) is 105 Å². The van der Waals surface area contributed by atoms with Gasteiger partial charge in [-0.15, -0.1) is 0 Å². The predicted octanol–water partition coefficient (Wildman–Crippen LogP) is 4.79. The van der Waals surface area contributed by atoms with E-state index in [1.54, 1.807) is 30.3 Å². The monoisotopic (exact) mass is 611 g/mol. The van der Waals surface area contributed by atoms with Crippen LogP contribution in [0.5, 0.6) is 11.5 Å². The number of nitrogens with one attached hydrogen (secondary N) is 1. The van der Waals surface area contributed by atoms with Gasteiger partial charge in [-0.25, -0.2) is 8.42 Å². The minimum Gasteiger partial charge on any atom is -0.486 e. The quantitative estimate of drug-likeness (QED) is 0.414. The Bertz CT molecular complexity index is 1330. The van der Waals surface area contributed by atoms with Gasteiger partial charge in [0.15, 0.2) is 11.5 Å². The number of ether oxygens (including phenoxy) is 2. The Labute approximate surface area is 245 Å². The number of rotatable bonds is 10. The molecular weight excluding hydrogens is 577 g/mol. The number of hydrogen-bond donors (Lipinski definition) is 1. The summed E-state index contributed by atoms with van der Waals surface area (Å²) in [7, 11) is -3.89. The first kappa shape index (κ1) is 30.3. The van der Waals surface area contributed by atoms with Crippen molar-refractivity contribution in [1.82, 2.24) is 10.2 Å². The Balaban J connectivity index is 1.64. The summed E-state index contributed by atoms with van der Waals surface area (Å²) in [4.78, 5) is 28.9. The Morgan fingerprint density at radius 3 is 2.38 bits per heavy atom. The number of amides is 2. The summed E-state index contributed by atoms with van der Waals surface area (Å²) < 4.78 is 38.0. The van der Waals surface area contributed by atoms with E-state index in [9.17, 15) is 18.0 Å². The highest BCUT2D eigenvalue weighted by atomic mass is 35.5. The maximum atomic E-state index is 14.0. The van der Waals surface area contributed by atoms with Gasteiger partial charge in [-0.3, -0.25) is 13.9 Å². The average molecular weight is 613 g/mol. The number of carbonyl (C=O) groups is 2. The SMILES string of the molecule is CCC(C(=O)NC1CCCCC1)N(Cc1ccc(Cl)cc1Cl)C(=O)CN(c1ccc2c(c1)OCCO2)S(C)(=O)=O. The highest BCUT2D eigenvalue weighted by molar-refractivity contribution is 7.92. The van der Waals surface area contributed by atoms with Gasteiger partial charge in [0.1, 0.15) is 25.8 Å². The summed E-state index contributed by atoms with van der Waals surface area (Å²) in [5.41, 5.74) is 0.845. The molecule has 1 N–H and O–H groups in total. The van der Waals surface area contributed by atoms with Gasteiger partial charge in [-0.1, -0.05) is 55.5 Å². The lowest BCUT2D eigenvalue weighted by atomic mass is 9.95. The van der Waals surface area contributed by atoms with Gasteiger partial charge >= 0.3 is 0 Å². The highest BCUT2D eigenvalue weighted by Gasteiger charge is 2.33. The zero-order valence-corrected chi connectivity index (χ0v) is 25.0. The fourth-order valence-corrected chi connectivity index (χ4v) is 6.41. The fraction of sp³-hybridized carbons (Fsp3) is 0.500. The molecule has 0 spiro atoms. The molecule has 1 atom stereocenters. The number of anilines is 1. The summed E-state index contributed by atoms with van der Waals surface area (Å²) in [5.74, 6) is 0.0854. The minimum atomic E-state index is -3.89. The lowest BCUT2D eigenvalue weighted by Crippen LogP contribution is -2.54. The summed E-state index contributed by atoms with van der Waals surface area (Å²) in [6, 6.07) is 8.87. The lowest BCUT2D eigenvalue weighted by molar-refractivity contribution is -0.140. The van der Waals surface area contributed by atoms with Crippen LogP contribution in [0.25, 0.3) is 0 Å². The van der Waals surface area contributed by atoms with Gasteiger partial charge in [0.2, 0.25) is 21.8 Å². The second-order valence-corrected chi connectivity index (χ2v) is 12.9. The van der Waals surface area contributed by atoms with Crippen LogP contribution in [0.3, 0.4) is 0 Å². The normalized spacial score (nSPS) is 16.2. The second kappa shape index (κ2) is 13.3. The molecule has 0 saturated heterocycles. The molecule has 2 amide bonds. The first-order valence-corrected chi connectivity index (χ1v) is 16.1. The molecule has 1 heterocycles. The highest BCUT2D eigenvalue weighted by Crippen LogP contribution is 2.35. The van der Waals surface area contributed by atoms with Gasteiger partial charge in [0.25, 0.3) is 0 Å². The Morgan fingerprint density at radius 1 is 1.02 bits per heavy atom. The predicted molar refractivity (Wildman–Crippen MR) is 156 cm³/mol. The lowest BCUT2D eigenvalue weighted by Gasteiger charge is -2.34. The molecule has 9 nitrogen and oxygen atoms in total. The zero-order chi connectivity index (χ0) is 28.9. The number of nitrogens with zero attached hydrogens (tertiary/aromatic N) is 2. The van der Waals surface area contributed by atoms with E-state index in [1.165, 1.54) is 11.0 Å². The molecule has 0 bridgehead atoms. The van der Waals surface area contributed by atoms with Crippen LogP contribution in [0.1, 0.15) is 51.0 Å². The van der Waals surface area contributed by atoms with Crippen LogP contribution in [0, 0.1) is 0 Å². The number of benzene rings is 2. The molecule has 0 aromatic heterocycles. The van der Waals surface area contributed by atoms with Crippen molar-refractivity contribution in [1.29, 1.82) is 0 Å². The van der Waals surface area contributed by atoms with Gasteiger partial charge in [-0.2, -0.15) is 0 Å².